The highest BCUT2D eigenvalue weighted by atomic mass is 35.5. The van der Waals surface area contributed by atoms with Gasteiger partial charge in [0.2, 0.25) is 5.91 Å². The summed E-state index contributed by atoms with van der Waals surface area (Å²) in [6.07, 6.45) is 1.55. The number of nitrogens with one attached hydrogen (secondary N) is 1. The Hall–Kier alpha value is -3.09. The quantitative estimate of drug-likeness (QED) is 0.458. The maximum absolute atomic E-state index is 12.5. The van der Waals surface area contributed by atoms with Gasteiger partial charge >= 0.3 is 0 Å². The van der Waals surface area contributed by atoms with Gasteiger partial charge in [-0.15, -0.1) is 11.8 Å². The van der Waals surface area contributed by atoms with Crippen LogP contribution in [0.5, 0.6) is 0 Å². The van der Waals surface area contributed by atoms with Gasteiger partial charge in [0.05, 0.1) is 12.0 Å². The Bertz CT molecular complexity index is 1070. The van der Waals surface area contributed by atoms with E-state index in [1.165, 1.54) is 0 Å². The number of benzene rings is 3. The third-order valence-electron chi connectivity index (χ3n) is 4.61. The first-order valence-corrected chi connectivity index (χ1v) is 10.7. The summed E-state index contributed by atoms with van der Waals surface area (Å²) in [6, 6.07) is 24.0. The molecule has 3 aromatic rings. The predicted molar refractivity (Wildman–Crippen MR) is 122 cm³/mol. The second-order valence-corrected chi connectivity index (χ2v) is 8.14. The second-order valence-electron chi connectivity index (χ2n) is 6.64. The van der Waals surface area contributed by atoms with Crippen LogP contribution in [0, 0.1) is 0 Å². The zero-order valence-electron chi connectivity index (χ0n) is 15.9. The number of thioether (sulfide) groups is 1. The van der Waals surface area contributed by atoms with Crippen LogP contribution >= 0.6 is 23.4 Å². The van der Waals surface area contributed by atoms with E-state index in [2.05, 4.69) is 10.5 Å². The molecular formula is C23H18ClN3O2S. The summed E-state index contributed by atoms with van der Waals surface area (Å²) in [4.78, 5) is 26.6. The molecule has 7 heteroatoms. The van der Waals surface area contributed by atoms with Crippen LogP contribution in [0.15, 0.2) is 84.0 Å². The number of carbonyl (C=O) groups is 2. The molecule has 2 amide bonds. The third-order valence-corrected chi connectivity index (χ3v) is 6.07. The molecule has 5 nitrogen and oxygen atoms in total. The van der Waals surface area contributed by atoms with E-state index in [1.54, 1.807) is 71.4 Å². The molecular weight excluding hydrogens is 418 g/mol. The van der Waals surface area contributed by atoms with Crippen LogP contribution in [0.3, 0.4) is 0 Å². The first kappa shape index (κ1) is 20.2. The minimum atomic E-state index is -0.325. The number of halogens is 1. The SMILES string of the molecule is O=C(N/N=C/c1ccc(Cl)cc1)c1ccc(N2C(=O)CSC2c2ccccc2)cc1. The van der Waals surface area contributed by atoms with Gasteiger partial charge in [-0.2, -0.15) is 5.10 Å². The van der Waals surface area contributed by atoms with Crippen molar-refractivity contribution in [3.8, 4) is 0 Å². The number of hydrogen-bond acceptors (Lipinski definition) is 4. The summed E-state index contributed by atoms with van der Waals surface area (Å²) < 4.78 is 0. The topological polar surface area (TPSA) is 61.8 Å². The average molecular weight is 436 g/mol. The van der Waals surface area contributed by atoms with Gasteiger partial charge in [-0.1, -0.05) is 54.1 Å². The van der Waals surface area contributed by atoms with Gasteiger partial charge < -0.3 is 0 Å². The van der Waals surface area contributed by atoms with Gasteiger partial charge in [0, 0.05) is 16.3 Å². The smallest absolute Gasteiger partial charge is 0.271 e. The average Bonchev–Trinajstić information content (AvgIpc) is 3.17. The van der Waals surface area contributed by atoms with Gasteiger partial charge in [-0.3, -0.25) is 14.5 Å². The molecule has 1 saturated heterocycles. The summed E-state index contributed by atoms with van der Waals surface area (Å²) in [6.45, 7) is 0. The van der Waals surface area contributed by atoms with Crippen molar-refractivity contribution >= 4 is 47.1 Å². The number of carbonyl (C=O) groups excluding carboxylic acids is 2. The molecule has 1 N–H and O–H groups in total. The lowest BCUT2D eigenvalue weighted by Gasteiger charge is -2.24. The zero-order chi connectivity index (χ0) is 20.9. The van der Waals surface area contributed by atoms with Crippen LogP contribution in [-0.2, 0) is 4.79 Å². The summed E-state index contributed by atoms with van der Waals surface area (Å²) in [5.74, 6) is 0.161. The van der Waals surface area contributed by atoms with Crippen molar-refractivity contribution in [2.24, 2.45) is 5.10 Å². The molecule has 0 aliphatic carbocycles. The van der Waals surface area contributed by atoms with E-state index in [1.807, 2.05) is 30.3 Å². The van der Waals surface area contributed by atoms with Gasteiger partial charge in [-0.05, 0) is 47.5 Å². The molecule has 150 valence electrons. The highest BCUT2D eigenvalue weighted by Gasteiger charge is 2.33. The summed E-state index contributed by atoms with van der Waals surface area (Å²) in [5, 5.41) is 4.55. The Morgan fingerprint density at radius 2 is 1.73 bits per heavy atom. The molecule has 4 rings (SSSR count). The van der Waals surface area contributed by atoms with E-state index in [0.29, 0.717) is 16.3 Å². The molecule has 1 unspecified atom stereocenters. The second kappa shape index (κ2) is 9.15. The Morgan fingerprint density at radius 1 is 1.03 bits per heavy atom. The Kier molecular flexibility index (Phi) is 6.16. The normalized spacial score (nSPS) is 16.2. The summed E-state index contributed by atoms with van der Waals surface area (Å²) in [5.41, 5.74) is 5.63. The largest absolute Gasteiger partial charge is 0.295 e. The van der Waals surface area contributed by atoms with E-state index in [-0.39, 0.29) is 17.2 Å². The van der Waals surface area contributed by atoms with Crippen LogP contribution in [-0.4, -0.2) is 23.8 Å². The lowest BCUT2D eigenvalue weighted by atomic mass is 10.1. The van der Waals surface area contributed by atoms with E-state index in [4.69, 9.17) is 11.6 Å². The van der Waals surface area contributed by atoms with Crippen LogP contribution in [0.25, 0.3) is 0 Å². The molecule has 3 aromatic carbocycles. The molecule has 1 aliphatic rings. The van der Waals surface area contributed by atoms with Crippen molar-refractivity contribution in [1.29, 1.82) is 0 Å². The number of amides is 2. The number of rotatable bonds is 5. The summed E-state index contributed by atoms with van der Waals surface area (Å²) >= 11 is 7.45. The molecule has 0 aromatic heterocycles. The highest BCUT2D eigenvalue weighted by molar-refractivity contribution is 8.00. The maximum atomic E-state index is 12.5. The van der Waals surface area contributed by atoms with Crippen LogP contribution in [0.4, 0.5) is 5.69 Å². The first-order valence-electron chi connectivity index (χ1n) is 9.29. The maximum Gasteiger partial charge on any atom is 0.271 e. The number of nitrogens with zero attached hydrogens (tertiary/aromatic N) is 2. The Balaban J connectivity index is 1.44. The number of hydrazone groups is 1. The fraction of sp³-hybridized carbons (Fsp3) is 0.0870. The molecule has 30 heavy (non-hydrogen) atoms. The summed E-state index contributed by atoms with van der Waals surface area (Å²) in [7, 11) is 0. The van der Waals surface area contributed by atoms with Crippen molar-refractivity contribution in [2.45, 2.75) is 5.37 Å². The highest BCUT2D eigenvalue weighted by Crippen LogP contribution is 2.41. The van der Waals surface area contributed by atoms with Crippen LogP contribution < -0.4 is 10.3 Å². The van der Waals surface area contributed by atoms with E-state index in [9.17, 15) is 9.59 Å². The lowest BCUT2D eigenvalue weighted by molar-refractivity contribution is -0.115. The van der Waals surface area contributed by atoms with Crippen LogP contribution in [0.1, 0.15) is 26.9 Å². The van der Waals surface area contributed by atoms with Crippen molar-refractivity contribution in [2.75, 3.05) is 10.7 Å². The zero-order valence-corrected chi connectivity index (χ0v) is 17.4. The fourth-order valence-corrected chi connectivity index (χ4v) is 4.42. The fourth-order valence-electron chi connectivity index (χ4n) is 3.12. The molecule has 1 aliphatic heterocycles. The minimum Gasteiger partial charge on any atom is -0.295 e. The van der Waals surface area contributed by atoms with Crippen LogP contribution in [0.2, 0.25) is 5.02 Å². The predicted octanol–water partition coefficient (Wildman–Crippen LogP) is 4.88. The van der Waals surface area contributed by atoms with Crippen molar-refractivity contribution in [3.63, 3.8) is 0 Å². The van der Waals surface area contributed by atoms with Crippen molar-refractivity contribution in [1.82, 2.24) is 5.43 Å². The molecule has 1 fully saturated rings. The molecule has 0 spiro atoms. The van der Waals surface area contributed by atoms with Gasteiger partial charge in [0.1, 0.15) is 5.37 Å². The molecule has 0 saturated carbocycles. The molecule has 0 radical (unpaired) electrons. The monoisotopic (exact) mass is 435 g/mol. The molecule has 1 heterocycles. The minimum absolute atomic E-state index is 0.0543. The number of anilines is 1. The van der Waals surface area contributed by atoms with Gasteiger partial charge in [-0.25, -0.2) is 5.43 Å². The number of hydrogen-bond donors (Lipinski definition) is 1. The molecule has 0 bridgehead atoms. The Labute approximate surface area is 183 Å². The van der Waals surface area contributed by atoms with Gasteiger partial charge in [0.15, 0.2) is 0 Å². The van der Waals surface area contributed by atoms with E-state index in [0.717, 1.165) is 16.8 Å². The molecule has 1 atom stereocenters. The third kappa shape index (κ3) is 4.56. The van der Waals surface area contributed by atoms with E-state index < -0.39 is 0 Å². The van der Waals surface area contributed by atoms with Crippen molar-refractivity contribution < 1.29 is 9.59 Å². The lowest BCUT2D eigenvalue weighted by Crippen LogP contribution is -2.28. The standard InChI is InChI=1S/C23H18ClN3O2S/c24-19-10-6-16(7-11-19)14-25-26-22(29)17-8-12-20(13-9-17)27-21(28)15-30-23(27)18-4-2-1-3-5-18/h1-14,23H,15H2,(H,26,29)/b25-14+. The van der Waals surface area contributed by atoms with Gasteiger partial charge in [0.25, 0.3) is 5.91 Å². The van der Waals surface area contributed by atoms with E-state index >= 15 is 0 Å². The first-order chi connectivity index (χ1) is 14.6. The van der Waals surface area contributed by atoms with Crippen molar-refractivity contribution in [3.05, 3.63) is 101 Å². The Morgan fingerprint density at radius 3 is 2.43 bits per heavy atom.